The van der Waals surface area contributed by atoms with E-state index in [1.165, 1.54) is 5.56 Å². The summed E-state index contributed by atoms with van der Waals surface area (Å²) in [6.07, 6.45) is 4.62. The Labute approximate surface area is 190 Å². The van der Waals surface area contributed by atoms with Gasteiger partial charge in [0.05, 0.1) is 4.90 Å². The lowest BCUT2D eigenvalue weighted by atomic mass is 10.1. The summed E-state index contributed by atoms with van der Waals surface area (Å²) in [5.74, 6) is -0.148. The molecule has 1 saturated heterocycles. The molecular formula is C25H31N3O3S. The first-order valence-electron chi connectivity index (χ1n) is 11.3. The molecule has 6 nitrogen and oxygen atoms in total. The molecule has 1 aliphatic heterocycles. The van der Waals surface area contributed by atoms with Crippen LogP contribution < -0.4 is 5.32 Å². The van der Waals surface area contributed by atoms with Gasteiger partial charge < -0.3 is 9.88 Å². The molecule has 170 valence electrons. The van der Waals surface area contributed by atoms with Gasteiger partial charge in [0.1, 0.15) is 5.69 Å². The summed E-state index contributed by atoms with van der Waals surface area (Å²) in [5, 5.41) is 3.84. The van der Waals surface area contributed by atoms with Crippen LogP contribution in [-0.4, -0.2) is 42.3 Å². The number of hydrogen-bond acceptors (Lipinski definition) is 3. The summed E-state index contributed by atoms with van der Waals surface area (Å²) in [4.78, 5) is 13.2. The smallest absolute Gasteiger partial charge is 0.268 e. The van der Waals surface area contributed by atoms with Gasteiger partial charge in [0.15, 0.2) is 0 Å². The number of aromatic nitrogens is 1. The van der Waals surface area contributed by atoms with Crippen molar-refractivity contribution in [1.82, 2.24) is 14.2 Å². The Bertz CT molecular complexity index is 1200. The largest absolute Gasteiger partial charge is 0.348 e. The maximum Gasteiger partial charge on any atom is 0.268 e. The zero-order valence-electron chi connectivity index (χ0n) is 18.8. The number of hydrogen-bond donors (Lipinski definition) is 1. The Hall–Kier alpha value is -2.64. The number of amides is 1. The third-order valence-electron chi connectivity index (χ3n) is 6.29. The molecule has 0 saturated carbocycles. The topological polar surface area (TPSA) is 71.4 Å². The van der Waals surface area contributed by atoms with E-state index in [2.05, 4.69) is 17.4 Å². The molecule has 2 aromatic carbocycles. The van der Waals surface area contributed by atoms with Crippen LogP contribution >= 0.6 is 0 Å². The predicted octanol–water partition coefficient (Wildman–Crippen LogP) is 4.10. The SMILES string of the molecule is CC(CCc1ccccc1)NC(=O)c1cc2cc(S(=O)(=O)N3CCCCC3)ccc2n1C. The lowest BCUT2D eigenvalue weighted by Gasteiger charge is -2.25. The minimum Gasteiger partial charge on any atom is -0.348 e. The van der Waals surface area contributed by atoms with Gasteiger partial charge in [0, 0.05) is 37.1 Å². The second-order valence-electron chi connectivity index (χ2n) is 8.67. The van der Waals surface area contributed by atoms with Gasteiger partial charge >= 0.3 is 0 Å². The fourth-order valence-corrected chi connectivity index (χ4v) is 5.91. The predicted molar refractivity (Wildman–Crippen MR) is 127 cm³/mol. The van der Waals surface area contributed by atoms with Crippen LogP contribution in [0.5, 0.6) is 0 Å². The van der Waals surface area contributed by atoms with Crippen LogP contribution in [0, 0.1) is 0 Å². The number of sulfonamides is 1. The molecule has 0 aliphatic carbocycles. The highest BCUT2D eigenvalue weighted by Crippen LogP contribution is 2.26. The number of rotatable bonds is 7. The summed E-state index contributed by atoms with van der Waals surface area (Å²) >= 11 is 0. The first-order chi connectivity index (χ1) is 15.4. The zero-order chi connectivity index (χ0) is 22.7. The molecule has 1 unspecified atom stereocenters. The fourth-order valence-electron chi connectivity index (χ4n) is 4.36. The molecule has 1 aromatic heterocycles. The summed E-state index contributed by atoms with van der Waals surface area (Å²) in [7, 11) is -1.67. The molecule has 2 heterocycles. The number of carbonyl (C=O) groups excluding carboxylic acids is 1. The maximum absolute atomic E-state index is 13.0. The van der Waals surface area contributed by atoms with Crippen LogP contribution in [0.15, 0.2) is 59.5 Å². The van der Waals surface area contributed by atoms with Crippen LogP contribution in [0.2, 0.25) is 0 Å². The summed E-state index contributed by atoms with van der Waals surface area (Å²) < 4.78 is 29.5. The molecule has 0 bridgehead atoms. The lowest BCUT2D eigenvalue weighted by Crippen LogP contribution is -2.35. The zero-order valence-corrected chi connectivity index (χ0v) is 19.6. The van der Waals surface area contributed by atoms with Crippen molar-refractivity contribution in [3.8, 4) is 0 Å². The number of fused-ring (bicyclic) bond motifs is 1. The molecule has 7 heteroatoms. The number of nitrogens with one attached hydrogen (secondary N) is 1. The van der Waals surface area contributed by atoms with Gasteiger partial charge in [-0.25, -0.2) is 8.42 Å². The van der Waals surface area contributed by atoms with E-state index in [0.717, 1.165) is 43.0 Å². The summed E-state index contributed by atoms with van der Waals surface area (Å²) in [6, 6.07) is 17.2. The Balaban J connectivity index is 1.49. The van der Waals surface area contributed by atoms with Gasteiger partial charge in [0.2, 0.25) is 10.0 Å². The second kappa shape index (κ2) is 9.46. The monoisotopic (exact) mass is 453 g/mol. The van der Waals surface area contributed by atoms with Gasteiger partial charge in [0.25, 0.3) is 5.91 Å². The molecular weight excluding hydrogens is 422 g/mol. The van der Waals surface area contributed by atoms with Crippen molar-refractivity contribution in [3.05, 3.63) is 65.9 Å². The van der Waals surface area contributed by atoms with Crippen molar-refractivity contribution in [2.24, 2.45) is 7.05 Å². The van der Waals surface area contributed by atoms with E-state index >= 15 is 0 Å². The van der Waals surface area contributed by atoms with Gasteiger partial charge in [-0.1, -0.05) is 36.8 Å². The van der Waals surface area contributed by atoms with Crippen LogP contribution in [0.4, 0.5) is 0 Å². The Kier molecular flexibility index (Phi) is 6.67. The summed E-state index contributed by atoms with van der Waals surface area (Å²) in [5.41, 5.74) is 2.62. The molecule has 1 fully saturated rings. The van der Waals surface area contributed by atoms with Gasteiger partial charge in [-0.3, -0.25) is 4.79 Å². The molecule has 3 aromatic rings. The molecule has 1 atom stereocenters. The molecule has 1 N–H and O–H groups in total. The third kappa shape index (κ3) is 4.74. The van der Waals surface area contributed by atoms with E-state index in [0.29, 0.717) is 23.7 Å². The molecule has 1 aliphatic rings. The van der Waals surface area contributed by atoms with E-state index in [4.69, 9.17) is 0 Å². The van der Waals surface area contributed by atoms with Gasteiger partial charge in [-0.2, -0.15) is 4.31 Å². The highest BCUT2D eigenvalue weighted by atomic mass is 32.2. The number of benzene rings is 2. The highest BCUT2D eigenvalue weighted by Gasteiger charge is 2.26. The molecule has 0 spiro atoms. The van der Waals surface area contributed by atoms with Crippen molar-refractivity contribution in [2.75, 3.05) is 13.1 Å². The first kappa shape index (κ1) is 22.6. The number of nitrogens with zero attached hydrogens (tertiary/aromatic N) is 2. The van der Waals surface area contributed by atoms with Crippen molar-refractivity contribution in [3.63, 3.8) is 0 Å². The number of carbonyl (C=O) groups is 1. The van der Waals surface area contributed by atoms with Gasteiger partial charge in [-0.05, 0) is 62.4 Å². The van der Waals surface area contributed by atoms with E-state index in [-0.39, 0.29) is 11.9 Å². The normalized spacial score (nSPS) is 16.2. The third-order valence-corrected chi connectivity index (χ3v) is 8.18. The average molecular weight is 454 g/mol. The van der Waals surface area contributed by atoms with Crippen molar-refractivity contribution < 1.29 is 13.2 Å². The average Bonchev–Trinajstić information content (AvgIpc) is 3.15. The Morgan fingerprint density at radius 3 is 2.47 bits per heavy atom. The van der Waals surface area contributed by atoms with Crippen LogP contribution in [0.3, 0.4) is 0 Å². The van der Waals surface area contributed by atoms with Crippen LogP contribution in [-0.2, 0) is 23.5 Å². The van der Waals surface area contributed by atoms with Crippen LogP contribution in [0.1, 0.15) is 48.7 Å². The standard InChI is InChI=1S/C25H31N3O3S/c1-19(11-12-20-9-5-3-6-10-20)26-25(29)24-18-21-17-22(13-14-23(21)27(24)2)32(30,31)28-15-7-4-8-16-28/h3,5-6,9-10,13-14,17-19H,4,7-8,11-12,15-16H2,1-2H3,(H,26,29). The highest BCUT2D eigenvalue weighted by molar-refractivity contribution is 7.89. The molecule has 1 amide bonds. The molecule has 4 rings (SSSR count). The maximum atomic E-state index is 13.0. The van der Waals surface area contributed by atoms with E-state index in [9.17, 15) is 13.2 Å². The second-order valence-corrected chi connectivity index (χ2v) is 10.6. The fraction of sp³-hybridized carbons (Fsp3) is 0.400. The van der Waals surface area contributed by atoms with Crippen molar-refractivity contribution in [1.29, 1.82) is 0 Å². The Morgan fingerprint density at radius 2 is 1.75 bits per heavy atom. The minimum atomic E-state index is -3.51. The number of aryl methyl sites for hydroxylation is 2. The van der Waals surface area contributed by atoms with E-state index < -0.39 is 10.0 Å². The Morgan fingerprint density at radius 1 is 1.03 bits per heavy atom. The summed E-state index contributed by atoms with van der Waals surface area (Å²) in [6.45, 7) is 3.15. The molecule has 32 heavy (non-hydrogen) atoms. The first-order valence-corrected chi connectivity index (χ1v) is 12.7. The van der Waals surface area contributed by atoms with Gasteiger partial charge in [-0.15, -0.1) is 0 Å². The van der Waals surface area contributed by atoms with Crippen LogP contribution in [0.25, 0.3) is 10.9 Å². The number of piperidine rings is 1. The quantitative estimate of drug-likeness (QED) is 0.585. The lowest BCUT2D eigenvalue weighted by molar-refractivity contribution is 0.0930. The van der Waals surface area contributed by atoms with Crippen molar-refractivity contribution in [2.45, 2.75) is 50.0 Å². The molecule has 0 radical (unpaired) electrons. The van der Waals surface area contributed by atoms with Crippen molar-refractivity contribution >= 4 is 26.8 Å². The minimum absolute atomic E-state index is 0.0239. The van der Waals surface area contributed by atoms with E-state index in [1.54, 1.807) is 28.6 Å². The van der Waals surface area contributed by atoms with E-state index in [1.807, 2.05) is 36.7 Å².